The Balaban J connectivity index is 1.71. The first kappa shape index (κ1) is 17.1. The predicted molar refractivity (Wildman–Crippen MR) is 94.0 cm³/mol. The highest BCUT2D eigenvalue weighted by Gasteiger charge is 2.26. The Morgan fingerprint density at radius 1 is 1.21 bits per heavy atom. The van der Waals surface area contributed by atoms with Gasteiger partial charge in [-0.1, -0.05) is 31.2 Å². The Labute approximate surface area is 143 Å². The fourth-order valence-corrected chi connectivity index (χ4v) is 3.62. The van der Waals surface area contributed by atoms with Crippen molar-refractivity contribution in [2.24, 2.45) is 0 Å². The van der Waals surface area contributed by atoms with Gasteiger partial charge in [0.25, 0.3) is 0 Å². The molecule has 0 saturated carbocycles. The van der Waals surface area contributed by atoms with Gasteiger partial charge in [-0.3, -0.25) is 9.58 Å². The summed E-state index contributed by atoms with van der Waals surface area (Å²) in [4.78, 5) is 2.34. The van der Waals surface area contributed by atoms with E-state index >= 15 is 0 Å². The number of hydrogen-bond acceptors (Lipinski definition) is 4. The highest BCUT2D eigenvalue weighted by atomic mass is 32.2. The van der Waals surface area contributed by atoms with Crippen molar-refractivity contribution in [1.29, 1.82) is 0 Å². The second-order valence-corrected chi connectivity index (χ2v) is 8.21. The van der Waals surface area contributed by atoms with Crippen molar-refractivity contribution in [2.75, 3.05) is 19.3 Å². The number of nitrogens with zero attached hydrogens (tertiary/aromatic N) is 3. The van der Waals surface area contributed by atoms with E-state index in [-0.39, 0.29) is 6.04 Å². The van der Waals surface area contributed by atoms with E-state index < -0.39 is 10.0 Å². The van der Waals surface area contributed by atoms with Crippen molar-refractivity contribution in [3.8, 4) is 0 Å². The van der Waals surface area contributed by atoms with E-state index in [4.69, 9.17) is 0 Å². The van der Waals surface area contributed by atoms with Crippen LogP contribution < -0.4 is 4.72 Å². The number of benzene rings is 1. The topological polar surface area (TPSA) is 67.2 Å². The second-order valence-electron chi connectivity index (χ2n) is 6.38. The van der Waals surface area contributed by atoms with E-state index in [1.807, 2.05) is 10.7 Å². The number of nitrogens with one attached hydrogen (secondary N) is 1. The highest BCUT2D eigenvalue weighted by molar-refractivity contribution is 7.88. The van der Waals surface area contributed by atoms with Gasteiger partial charge in [-0.2, -0.15) is 5.10 Å². The van der Waals surface area contributed by atoms with Crippen LogP contribution in [0, 0.1) is 0 Å². The van der Waals surface area contributed by atoms with Crippen LogP contribution in [-0.2, 0) is 29.5 Å². The number of aryl methyl sites for hydroxylation is 1. The van der Waals surface area contributed by atoms with E-state index in [1.54, 1.807) is 6.20 Å². The Morgan fingerprint density at radius 2 is 1.92 bits per heavy atom. The summed E-state index contributed by atoms with van der Waals surface area (Å²) < 4.78 is 27.4. The molecule has 2 heterocycles. The standard InChI is InChI=1S/C17H24N4O2S/c1-3-14-4-6-15(7-5-14)11-20-12-16-8-9-18-21(16)17(13-20)10-19-24(2,22)23/h4-9,17,19H,3,10-13H2,1-2H3. The van der Waals surface area contributed by atoms with Gasteiger partial charge in [0, 0.05) is 32.4 Å². The Hall–Kier alpha value is -1.70. The van der Waals surface area contributed by atoms with Gasteiger partial charge in [-0.05, 0) is 23.6 Å². The molecule has 2 aromatic rings. The largest absolute Gasteiger partial charge is 0.291 e. The third-order valence-corrected chi connectivity index (χ3v) is 5.06. The summed E-state index contributed by atoms with van der Waals surface area (Å²) in [7, 11) is -3.20. The van der Waals surface area contributed by atoms with E-state index in [0.29, 0.717) is 6.54 Å². The molecular weight excluding hydrogens is 324 g/mol. The molecule has 1 aromatic heterocycles. The van der Waals surface area contributed by atoms with Crippen LogP contribution in [0.1, 0.15) is 29.8 Å². The Bertz CT molecular complexity index is 783. The van der Waals surface area contributed by atoms with Crippen LogP contribution in [0.5, 0.6) is 0 Å². The van der Waals surface area contributed by atoms with Gasteiger partial charge in [0.15, 0.2) is 0 Å². The minimum atomic E-state index is -3.20. The van der Waals surface area contributed by atoms with Gasteiger partial charge in [-0.15, -0.1) is 0 Å². The van der Waals surface area contributed by atoms with Gasteiger partial charge in [0.2, 0.25) is 10.0 Å². The molecule has 1 aliphatic heterocycles. The molecule has 1 aromatic carbocycles. The van der Waals surface area contributed by atoms with Gasteiger partial charge in [-0.25, -0.2) is 13.1 Å². The van der Waals surface area contributed by atoms with Crippen LogP contribution in [0.3, 0.4) is 0 Å². The lowest BCUT2D eigenvalue weighted by Gasteiger charge is -2.34. The molecule has 0 bridgehead atoms. The maximum absolute atomic E-state index is 11.4. The van der Waals surface area contributed by atoms with Crippen molar-refractivity contribution in [3.05, 3.63) is 53.3 Å². The summed E-state index contributed by atoms with van der Waals surface area (Å²) in [5, 5.41) is 4.36. The maximum atomic E-state index is 11.4. The molecule has 1 unspecified atom stereocenters. The highest BCUT2D eigenvalue weighted by Crippen LogP contribution is 2.22. The maximum Gasteiger partial charge on any atom is 0.208 e. The quantitative estimate of drug-likeness (QED) is 0.860. The summed E-state index contributed by atoms with van der Waals surface area (Å²) >= 11 is 0. The second kappa shape index (κ2) is 7.04. The Kier molecular flexibility index (Phi) is 5.03. The molecule has 0 radical (unpaired) electrons. The molecule has 0 saturated heterocycles. The van der Waals surface area contributed by atoms with Crippen LogP contribution >= 0.6 is 0 Å². The van der Waals surface area contributed by atoms with Crippen LogP contribution in [-0.4, -0.2) is 42.4 Å². The Morgan fingerprint density at radius 3 is 2.58 bits per heavy atom. The minimum Gasteiger partial charge on any atom is -0.291 e. The lowest BCUT2D eigenvalue weighted by Crippen LogP contribution is -2.42. The van der Waals surface area contributed by atoms with Crippen molar-refractivity contribution in [3.63, 3.8) is 0 Å². The van der Waals surface area contributed by atoms with E-state index in [2.05, 4.69) is 45.9 Å². The number of aromatic nitrogens is 2. The zero-order valence-electron chi connectivity index (χ0n) is 14.1. The normalized spacial score (nSPS) is 18.5. The average Bonchev–Trinajstić information content (AvgIpc) is 3.01. The minimum absolute atomic E-state index is 0.00777. The van der Waals surface area contributed by atoms with E-state index in [9.17, 15) is 8.42 Å². The number of sulfonamides is 1. The van der Waals surface area contributed by atoms with Crippen LogP contribution in [0.2, 0.25) is 0 Å². The van der Waals surface area contributed by atoms with Gasteiger partial charge in [0.1, 0.15) is 0 Å². The number of hydrogen-bond donors (Lipinski definition) is 1. The zero-order chi connectivity index (χ0) is 17.2. The van der Waals surface area contributed by atoms with Gasteiger partial charge < -0.3 is 0 Å². The molecule has 0 spiro atoms. The van der Waals surface area contributed by atoms with Crippen LogP contribution in [0.25, 0.3) is 0 Å². The van der Waals surface area contributed by atoms with E-state index in [0.717, 1.165) is 31.7 Å². The summed E-state index contributed by atoms with van der Waals surface area (Å²) in [6.07, 6.45) is 4.01. The third kappa shape index (κ3) is 4.23. The first-order valence-corrected chi connectivity index (χ1v) is 10.1. The molecular formula is C17H24N4O2S. The van der Waals surface area contributed by atoms with Gasteiger partial charge >= 0.3 is 0 Å². The van der Waals surface area contributed by atoms with Gasteiger partial charge in [0.05, 0.1) is 18.0 Å². The number of rotatable bonds is 6. The first-order valence-electron chi connectivity index (χ1n) is 8.22. The number of fused-ring (bicyclic) bond motifs is 1. The van der Waals surface area contributed by atoms with E-state index in [1.165, 1.54) is 17.4 Å². The molecule has 130 valence electrons. The fourth-order valence-electron chi connectivity index (χ4n) is 3.12. The summed E-state index contributed by atoms with van der Waals surface area (Å²) in [5.41, 5.74) is 3.73. The summed E-state index contributed by atoms with van der Waals surface area (Å²) in [5.74, 6) is 0. The molecule has 6 nitrogen and oxygen atoms in total. The van der Waals surface area contributed by atoms with Crippen molar-refractivity contribution >= 4 is 10.0 Å². The van der Waals surface area contributed by atoms with Crippen LogP contribution in [0.4, 0.5) is 0 Å². The third-order valence-electron chi connectivity index (χ3n) is 4.37. The average molecular weight is 348 g/mol. The first-order chi connectivity index (χ1) is 11.4. The zero-order valence-corrected chi connectivity index (χ0v) is 15.0. The molecule has 3 rings (SSSR count). The SMILES string of the molecule is CCc1ccc(CN2Cc3ccnn3C(CNS(C)(=O)=O)C2)cc1. The summed E-state index contributed by atoms with van der Waals surface area (Å²) in [6, 6.07) is 10.7. The van der Waals surface area contributed by atoms with Crippen LogP contribution in [0.15, 0.2) is 36.5 Å². The molecule has 1 N–H and O–H groups in total. The van der Waals surface area contributed by atoms with Crippen molar-refractivity contribution < 1.29 is 8.42 Å². The van der Waals surface area contributed by atoms with Crippen molar-refractivity contribution in [1.82, 2.24) is 19.4 Å². The summed E-state index contributed by atoms with van der Waals surface area (Å²) in [6.45, 7) is 4.96. The molecule has 1 aliphatic rings. The molecule has 7 heteroatoms. The monoisotopic (exact) mass is 348 g/mol. The molecule has 24 heavy (non-hydrogen) atoms. The molecule has 0 aliphatic carbocycles. The van der Waals surface area contributed by atoms with Crippen molar-refractivity contribution in [2.45, 2.75) is 32.5 Å². The lowest BCUT2D eigenvalue weighted by molar-refractivity contribution is 0.168. The molecule has 0 fully saturated rings. The molecule has 1 atom stereocenters. The fraction of sp³-hybridized carbons (Fsp3) is 0.471. The molecule has 0 amide bonds. The lowest BCUT2D eigenvalue weighted by atomic mass is 10.1. The predicted octanol–water partition coefficient (Wildman–Crippen LogP) is 1.55. The smallest absolute Gasteiger partial charge is 0.208 e.